The number of benzene rings is 1. The van der Waals surface area contributed by atoms with Crippen LogP contribution < -0.4 is 38.9 Å². The maximum absolute atomic E-state index is 13.2. The molecule has 2 aromatic rings. The minimum atomic E-state index is -1.59. The van der Waals surface area contributed by atoms with E-state index in [1.807, 2.05) is 0 Å². The molecule has 2 rings (SSSR count). The summed E-state index contributed by atoms with van der Waals surface area (Å²) in [7, 11) is 0. The normalized spacial score (nSPS) is 13.8. The number of rotatable bonds is 16. The minimum absolute atomic E-state index is 0.137. The number of aromatic amines is 1. The molecule has 0 aliphatic heterocycles. The lowest BCUT2D eigenvalue weighted by Crippen LogP contribution is -2.58. The first-order valence-corrected chi connectivity index (χ1v) is 12.1. The number of para-hydroxylation sites is 1. The number of carbonyl (C=O) groups is 7. The largest absolute Gasteiger partial charge is 0.480 e. The van der Waals surface area contributed by atoms with Crippen LogP contribution in [0.1, 0.15) is 31.2 Å². The summed E-state index contributed by atoms with van der Waals surface area (Å²) in [4.78, 5) is 87.3. The van der Waals surface area contributed by atoms with E-state index in [4.69, 9.17) is 22.9 Å². The first-order valence-electron chi connectivity index (χ1n) is 12.1. The monoisotopic (exact) mass is 560 g/mol. The third kappa shape index (κ3) is 9.39. The van der Waals surface area contributed by atoms with Crippen LogP contribution in [-0.4, -0.2) is 75.7 Å². The Labute approximate surface area is 227 Å². The molecule has 0 spiro atoms. The fourth-order valence-corrected chi connectivity index (χ4v) is 3.82. The van der Waals surface area contributed by atoms with Crippen LogP contribution in [0.5, 0.6) is 0 Å². The fraction of sp³-hybridized carbons (Fsp3) is 0.375. The van der Waals surface area contributed by atoms with Crippen molar-refractivity contribution in [2.45, 2.75) is 56.3 Å². The van der Waals surface area contributed by atoms with Crippen molar-refractivity contribution in [1.82, 2.24) is 20.9 Å². The molecule has 40 heavy (non-hydrogen) atoms. The molecule has 1 aromatic heterocycles. The number of carboxylic acids is 1. The maximum atomic E-state index is 13.2. The van der Waals surface area contributed by atoms with Gasteiger partial charge in [0, 0.05) is 29.9 Å². The summed E-state index contributed by atoms with van der Waals surface area (Å²) in [6, 6.07) is 1.16. The molecule has 0 aliphatic rings. The zero-order valence-corrected chi connectivity index (χ0v) is 21.3. The number of hydrogen-bond acceptors (Lipinski definition) is 8. The lowest BCUT2D eigenvalue weighted by atomic mass is 10.0. The van der Waals surface area contributed by atoms with Gasteiger partial charge in [-0.25, -0.2) is 4.79 Å². The van der Waals surface area contributed by atoms with Crippen molar-refractivity contribution in [3.05, 3.63) is 36.0 Å². The lowest BCUT2D eigenvalue weighted by Gasteiger charge is -2.24. The highest BCUT2D eigenvalue weighted by Crippen LogP contribution is 2.19. The third-order valence-corrected chi connectivity index (χ3v) is 5.82. The van der Waals surface area contributed by atoms with E-state index in [0.29, 0.717) is 5.56 Å². The average molecular weight is 561 g/mol. The van der Waals surface area contributed by atoms with Crippen molar-refractivity contribution in [1.29, 1.82) is 0 Å². The van der Waals surface area contributed by atoms with Gasteiger partial charge in [-0.3, -0.25) is 28.8 Å². The molecule has 4 unspecified atom stereocenters. The highest BCUT2D eigenvalue weighted by Gasteiger charge is 2.32. The van der Waals surface area contributed by atoms with Gasteiger partial charge < -0.3 is 49.0 Å². The predicted molar refractivity (Wildman–Crippen MR) is 139 cm³/mol. The number of amides is 6. The first kappa shape index (κ1) is 31.2. The maximum Gasteiger partial charge on any atom is 0.326 e. The SMILES string of the molecule is NC(=O)CCC(NC(=O)C(Cc1c[nH]c2ccccc12)NC(=O)C(CC(N)=O)NC(=O)C(N)CC(N)=O)C(=O)O. The summed E-state index contributed by atoms with van der Waals surface area (Å²) in [6.45, 7) is 0. The summed E-state index contributed by atoms with van der Waals surface area (Å²) < 4.78 is 0. The van der Waals surface area contributed by atoms with Crippen molar-refractivity contribution in [3.63, 3.8) is 0 Å². The molecule has 16 heteroatoms. The van der Waals surface area contributed by atoms with E-state index >= 15 is 0 Å². The summed E-state index contributed by atoms with van der Waals surface area (Å²) in [5.41, 5.74) is 22.3. The van der Waals surface area contributed by atoms with Crippen LogP contribution in [0, 0.1) is 0 Å². The van der Waals surface area contributed by atoms with Crippen LogP contribution in [0.25, 0.3) is 10.9 Å². The zero-order valence-electron chi connectivity index (χ0n) is 21.3. The summed E-state index contributed by atoms with van der Waals surface area (Å²) in [5.74, 6) is -6.97. The topological polar surface area (TPSA) is 296 Å². The molecule has 0 aliphatic carbocycles. The van der Waals surface area contributed by atoms with Crippen LogP contribution >= 0.6 is 0 Å². The second-order valence-electron chi connectivity index (χ2n) is 9.04. The van der Waals surface area contributed by atoms with Crippen molar-refractivity contribution in [2.24, 2.45) is 22.9 Å². The average Bonchev–Trinajstić information content (AvgIpc) is 3.27. The molecular formula is C24H32N8O8. The summed E-state index contributed by atoms with van der Waals surface area (Å²) >= 11 is 0. The van der Waals surface area contributed by atoms with Gasteiger partial charge in [0.15, 0.2) is 0 Å². The number of nitrogens with one attached hydrogen (secondary N) is 4. The second-order valence-corrected chi connectivity index (χ2v) is 9.04. The number of aliphatic carboxylic acids is 1. The van der Waals surface area contributed by atoms with Crippen molar-refractivity contribution < 1.29 is 38.7 Å². The van der Waals surface area contributed by atoms with Gasteiger partial charge in [-0.05, 0) is 18.1 Å². The lowest BCUT2D eigenvalue weighted by molar-refractivity contribution is -0.142. The van der Waals surface area contributed by atoms with Gasteiger partial charge in [0.1, 0.15) is 18.1 Å². The van der Waals surface area contributed by atoms with Crippen LogP contribution in [-0.2, 0) is 40.0 Å². The molecule has 4 atom stereocenters. The Morgan fingerprint density at radius 1 is 0.775 bits per heavy atom. The van der Waals surface area contributed by atoms with E-state index in [2.05, 4.69) is 20.9 Å². The van der Waals surface area contributed by atoms with Crippen molar-refractivity contribution in [2.75, 3.05) is 0 Å². The van der Waals surface area contributed by atoms with E-state index in [9.17, 15) is 38.7 Å². The molecule has 1 aromatic carbocycles. The predicted octanol–water partition coefficient (Wildman–Crippen LogP) is -3.41. The van der Waals surface area contributed by atoms with Crippen LogP contribution in [0.15, 0.2) is 30.5 Å². The van der Waals surface area contributed by atoms with E-state index in [1.54, 1.807) is 30.5 Å². The molecule has 16 nitrogen and oxygen atoms in total. The quantitative estimate of drug-likeness (QED) is 0.0986. The van der Waals surface area contributed by atoms with Gasteiger partial charge >= 0.3 is 5.97 Å². The Morgan fingerprint density at radius 3 is 1.95 bits per heavy atom. The fourth-order valence-electron chi connectivity index (χ4n) is 3.82. The second kappa shape index (κ2) is 14.2. The van der Waals surface area contributed by atoms with Gasteiger partial charge in [-0.2, -0.15) is 0 Å². The summed E-state index contributed by atoms with van der Waals surface area (Å²) in [6.07, 6.45) is -0.382. The molecule has 1 heterocycles. The molecule has 6 amide bonds. The van der Waals surface area contributed by atoms with Crippen LogP contribution in [0.4, 0.5) is 0 Å². The Kier molecular flexibility index (Phi) is 11.1. The highest BCUT2D eigenvalue weighted by atomic mass is 16.4. The van der Waals surface area contributed by atoms with E-state index < -0.39 is 78.4 Å². The highest BCUT2D eigenvalue weighted by molar-refractivity contribution is 5.97. The number of H-pyrrole nitrogens is 1. The number of carbonyl (C=O) groups excluding carboxylic acids is 6. The van der Waals surface area contributed by atoms with Gasteiger partial charge in [-0.15, -0.1) is 0 Å². The van der Waals surface area contributed by atoms with Crippen LogP contribution in [0.2, 0.25) is 0 Å². The Hall–Kier alpha value is -4.99. The van der Waals surface area contributed by atoms with Crippen molar-refractivity contribution >= 4 is 52.3 Å². The standard InChI is InChI=1S/C24H32N8O8/c25-13(8-19(27)34)21(36)31-17(9-20(28)35)23(38)32-16(7-11-10-29-14-4-2-1-3-12(11)14)22(37)30-15(24(39)40)5-6-18(26)33/h1-4,10,13,15-17,29H,5-9,25H2,(H2,26,33)(H2,27,34)(H2,28,35)(H,30,37)(H,31,36)(H,32,38)(H,39,40). The van der Waals surface area contributed by atoms with E-state index in [0.717, 1.165) is 10.9 Å². The van der Waals surface area contributed by atoms with E-state index in [-0.39, 0.29) is 19.3 Å². The van der Waals surface area contributed by atoms with Gasteiger partial charge in [0.05, 0.1) is 18.9 Å². The number of carboxylic acid groups (broad SMARTS) is 1. The molecule has 0 bridgehead atoms. The molecule has 0 radical (unpaired) electrons. The number of fused-ring (bicyclic) bond motifs is 1. The van der Waals surface area contributed by atoms with Gasteiger partial charge in [-0.1, -0.05) is 18.2 Å². The first-order chi connectivity index (χ1) is 18.8. The summed E-state index contributed by atoms with van der Waals surface area (Å²) in [5, 5.41) is 17.1. The molecule has 0 fully saturated rings. The van der Waals surface area contributed by atoms with Gasteiger partial charge in [0.25, 0.3) is 0 Å². The zero-order chi connectivity index (χ0) is 30.0. The third-order valence-electron chi connectivity index (χ3n) is 5.82. The Balaban J connectivity index is 2.33. The number of aromatic nitrogens is 1. The number of nitrogens with two attached hydrogens (primary N) is 4. The molecule has 216 valence electrons. The molecule has 0 saturated carbocycles. The number of hydrogen-bond donors (Lipinski definition) is 9. The smallest absolute Gasteiger partial charge is 0.326 e. The van der Waals surface area contributed by atoms with Gasteiger partial charge in [0.2, 0.25) is 35.4 Å². The molecule has 13 N–H and O–H groups in total. The van der Waals surface area contributed by atoms with E-state index in [1.165, 1.54) is 0 Å². The number of primary amides is 3. The molecule has 0 saturated heterocycles. The Bertz CT molecular complexity index is 1290. The Morgan fingerprint density at radius 2 is 1.35 bits per heavy atom. The minimum Gasteiger partial charge on any atom is -0.480 e. The van der Waals surface area contributed by atoms with Crippen LogP contribution in [0.3, 0.4) is 0 Å². The molecular weight excluding hydrogens is 528 g/mol. The van der Waals surface area contributed by atoms with Crippen molar-refractivity contribution in [3.8, 4) is 0 Å².